The van der Waals surface area contributed by atoms with Gasteiger partial charge in [-0.2, -0.15) is 0 Å². The van der Waals surface area contributed by atoms with E-state index >= 15 is 0 Å². The molecule has 0 unspecified atom stereocenters. The van der Waals surface area contributed by atoms with Crippen molar-refractivity contribution in [3.05, 3.63) is 30.9 Å². The Labute approximate surface area is 79.5 Å². The lowest BCUT2D eigenvalue weighted by atomic mass is 10.2. The van der Waals surface area contributed by atoms with Crippen molar-refractivity contribution in [3.63, 3.8) is 0 Å². The van der Waals surface area contributed by atoms with Crippen molar-refractivity contribution < 1.29 is 0 Å². The highest BCUT2D eigenvalue weighted by molar-refractivity contribution is 4.94. The highest BCUT2D eigenvalue weighted by atomic mass is 15.0. The fourth-order valence-electron chi connectivity index (χ4n) is 1.02. The van der Waals surface area contributed by atoms with Crippen LogP contribution in [0.4, 0.5) is 0 Å². The van der Waals surface area contributed by atoms with E-state index in [9.17, 15) is 0 Å². The first-order valence-electron chi connectivity index (χ1n) is 4.66. The van der Waals surface area contributed by atoms with E-state index in [1.54, 1.807) is 6.20 Å². The normalized spacial score (nSPS) is 10.2. The van der Waals surface area contributed by atoms with Crippen LogP contribution in [0, 0.1) is 0 Å². The molecule has 0 saturated carbocycles. The summed E-state index contributed by atoms with van der Waals surface area (Å²) in [5.41, 5.74) is 1.26. The Kier molecular flexibility index (Phi) is 4.26. The van der Waals surface area contributed by atoms with Crippen LogP contribution in [0.15, 0.2) is 30.9 Å². The Morgan fingerprint density at radius 1 is 1.62 bits per heavy atom. The molecule has 3 nitrogen and oxygen atoms in total. The molecule has 0 saturated heterocycles. The van der Waals surface area contributed by atoms with Crippen molar-refractivity contribution in [3.8, 4) is 0 Å². The van der Waals surface area contributed by atoms with Gasteiger partial charge in [-0.3, -0.25) is 0 Å². The summed E-state index contributed by atoms with van der Waals surface area (Å²) in [4.78, 5) is 3.97. The molecule has 0 amide bonds. The molecule has 0 aliphatic rings. The van der Waals surface area contributed by atoms with Crippen LogP contribution < -0.4 is 5.32 Å². The Morgan fingerprint density at radius 2 is 2.46 bits per heavy atom. The minimum Gasteiger partial charge on any atom is -0.336 e. The Hall–Kier alpha value is -1.09. The van der Waals surface area contributed by atoms with E-state index in [0.717, 1.165) is 26.1 Å². The smallest absolute Gasteiger partial charge is 0.0946 e. The van der Waals surface area contributed by atoms with Crippen molar-refractivity contribution >= 4 is 0 Å². The van der Waals surface area contributed by atoms with Crippen LogP contribution in [0.2, 0.25) is 0 Å². The number of nitrogens with zero attached hydrogens (tertiary/aromatic N) is 2. The second kappa shape index (κ2) is 5.54. The number of nitrogens with one attached hydrogen (secondary N) is 1. The van der Waals surface area contributed by atoms with Crippen molar-refractivity contribution in [2.24, 2.45) is 0 Å². The monoisotopic (exact) mass is 179 g/mol. The van der Waals surface area contributed by atoms with Crippen LogP contribution in [0.3, 0.4) is 0 Å². The molecule has 72 valence electrons. The highest BCUT2D eigenvalue weighted by Gasteiger charge is 1.91. The summed E-state index contributed by atoms with van der Waals surface area (Å²) in [5.74, 6) is 0. The highest BCUT2D eigenvalue weighted by Crippen LogP contribution is 1.92. The van der Waals surface area contributed by atoms with E-state index in [-0.39, 0.29) is 0 Å². The zero-order chi connectivity index (χ0) is 9.52. The summed E-state index contributed by atoms with van der Waals surface area (Å²) in [5, 5.41) is 3.33. The lowest BCUT2D eigenvalue weighted by Crippen LogP contribution is -2.21. The molecule has 0 atom stereocenters. The van der Waals surface area contributed by atoms with E-state index in [1.165, 1.54) is 5.57 Å². The van der Waals surface area contributed by atoms with E-state index in [1.807, 2.05) is 12.5 Å². The third kappa shape index (κ3) is 3.90. The van der Waals surface area contributed by atoms with E-state index in [0.29, 0.717) is 0 Å². The average molecular weight is 179 g/mol. The number of hydrogen-bond acceptors (Lipinski definition) is 2. The number of imidazole rings is 1. The topological polar surface area (TPSA) is 29.9 Å². The predicted octanol–water partition coefficient (Wildman–Crippen LogP) is 1.44. The molecule has 1 N–H and O–H groups in total. The molecule has 13 heavy (non-hydrogen) atoms. The molecule has 0 spiro atoms. The van der Waals surface area contributed by atoms with Gasteiger partial charge < -0.3 is 9.88 Å². The van der Waals surface area contributed by atoms with Gasteiger partial charge in [-0.05, 0) is 6.42 Å². The number of hydrogen-bond donors (Lipinski definition) is 1. The largest absolute Gasteiger partial charge is 0.336 e. The van der Waals surface area contributed by atoms with Gasteiger partial charge in [0.25, 0.3) is 0 Å². The van der Waals surface area contributed by atoms with Gasteiger partial charge in [0, 0.05) is 32.0 Å². The molecule has 0 aliphatic carbocycles. The zero-order valence-corrected chi connectivity index (χ0v) is 8.16. The lowest BCUT2D eigenvalue weighted by molar-refractivity contribution is 0.615. The molecule has 3 heteroatoms. The summed E-state index contributed by atoms with van der Waals surface area (Å²) < 4.78 is 2.06. The van der Waals surface area contributed by atoms with Gasteiger partial charge in [0.05, 0.1) is 6.33 Å². The van der Waals surface area contributed by atoms with E-state index < -0.39 is 0 Å². The molecule has 0 aromatic carbocycles. The first-order valence-corrected chi connectivity index (χ1v) is 4.66. The molecular formula is C10H17N3. The molecule has 0 fully saturated rings. The molecule has 0 bridgehead atoms. The predicted molar refractivity (Wildman–Crippen MR) is 54.5 cm³/mol. The summed E-state index contributed by atoms with van der Waals surface area (Å²) in [7, 11) is 0. The van der Waals surface area contributed by atoms with Crippen LogP contribution >= 0.6 is 0 Å². The first kappa shape index (κ1) is 9.99. The Morgan fingerprint density at radius 3 is 3.08 bits per heavy atom. The molecule has 1 aromatic rings. The fourth-order valence-corrected chi connectivity index (χ4v) is 1.02. The number of rotatable bonds is 6. The summed E-state index contributed by atoms with van der Waals surface area (Å²) in [6.07, 6.45) is 6.65. The third-order valence-electron chi connectivity index (χ3n) is 1.98. The summed E-state index contributed by atoms with van der Waals surface area (Å²) >= 11 is 0. The SMILES string of the molecule is C=C(CC)CNCCn1ccnc1. The van der Waals surface area contributed by atoms with Crippen LogP contribution in [-0.4, -0.2) is 22.6 Å². The zero-order valence-electron chi connectivity index (χ0n) is 8.16. The van der Waals surface area contributed by atoms with Gasteiger partial charge in [0.1, 0.15) is 0 Å². The molecular weight excluding hydrogens is 162 g/mol. The Bertz CT molecular complexity index is 239. The van der Waals surface area contributed by atoms with Crippen molar-refractivity contribution in [1.29, 1.82) is 0 Å². The quantitative estimate of drug-likeness (QED) is 0.529. The maximum absolute atomic E-state index is 3.97. The minimum atomic E-state index is 0.922. The molecule has 1 heterocycles. The first-order chi connectivity index (χ1) is 6.33. The van der Waals surface area contributed by atoms with Crippen LogP contribution in [0.1, 0.15) is 13.3 Å². The number of aromatic nitrogens is 2. The van der Waals surface area contributed by atoms with Gasteiger partial charge >= 0.3 is 0 Å². The maximum atomic E-state index is 3.97. The van der Waals surface area contributed by atoms with Gasteiger partial charge in [0.15, 0.2) is 0 Å². The third-order valence-corrected chi connectivity index (χ3v) is 1.98. The summed E-state index contributed by atoms with van der Waals surface area (Å²) in [6, 6.07) is 0. The minimum absolute atomic E-state index is 0.922. The second-order valence-corrected chi connectivity index (χ2v) is 3.08. The molecule has 0 radical (unpaired) electrons. The molecule has 0 aliphatic heterocycles. The standard InChI is InChI=1S/C10H17N3/c1-3-10(2)8-11-4-6-13-7-5-12-9-13/h5,7,9,11H,2-4,6,8H2,1H3. The van der Waals surface area contributed by atoms with E-state index in [4.69, 9.17) is 0 Å². The summed E-state index contributed by atoms with van der Waals surface area (Å²) in [6.45, 7) is 8.91. The Balaban J connectivity index is 2.05. The van der Waals surface area contributed by atoms with Gasteiger partial charge in [0.2, 0.25) is 0 Å². The van der Waals surface area contributed by atoms with Crippen molar-refractivity contribution in [2.45, 2.75) is 19.9 Å². The maximum Gasteiger partial charge on any atom is 0.0946 e. The van der Waals surface area contributed by atoms with E-state index in [2.05, 4.69) is 28.4 Å². The van der Waals surface area contributed by atoms with Crippen molar-refractivity contribution in [2.75, 3.05) is 13.1 Å². The van der Waals surface area contributed by atoms with Crippen molar-refractivity contribution in [1.82, 2.24) is 14.9 Å². The van der Waals surface area contributed by atoms with Crippen LogP contribution in [0.5, 0.6) is 0 Å². The molecule has 1 aromatic heterocycles. The lowest BCUT2D eigenvalue weighted by Gasteiger charge is -2.05. The van der Waals surface area contributed by atoms with Gasteiger partial charge in [-0.25, -0.2) is 4.98 Å². The van der Waals surface area contributed by atoms with Crippen LogP contribution in [0.25, 0.3) is 0 Å². The molecule has 1 rings (SSSR count). The van der Waals surface area contributed by atoms with Gasteiger partial charge in [-0.15, -0.1) is 0 Å². The second-order valence-electron chi connectivity index (χ2n) is 3.08. The fraction of sp³-hybridized carbons (Fsp3) is 0.500. The average Bonchev–Trinajstić information content (AvgIpc) is 2.64. The van der Waals surface area contributed by atoms with Gasteiger partial charge in [-0.1, -0.05) is 19.1 Å². The van der Waals surface area contributed by atoms with Crippen LogP contribution in [-0.2, 0) is 6.54 Å².